The first-order valence-corrected chi connectivity index (χ1v) is 7.15. The van der Waals surface area contributed by atoms with Gasteiger partial charge in [0.1, 0.15) is 5.75 Å². The highest BCUT2D eigenvalue weighted by Crippen LogP contribution is 2.40. The van der Waals surface area contributed by atoms with E-state index in [-0.39, 0.29) is 6.10 Å². The van der Waals surface area contributed by atoms with E-state index in [0.29, 0.717) is 12.5 Å². The van der Waals surface area contributed by atoms with Gasteiger partial charge in [0.15, 0.2) is 0 Å². The third-order valence-corrected chi connectivity index (χ3v) is 4.12. The Morgan fingerprint density at radius 1 is 1.33 bits per heavy atom. The first-order valence-electron chi connectivity index (χ1n) is 7.15. The lowest BCUT2D eigenvalue weighted by atomic mass is 9.93. The minimum Gasteiger partial charge on any atom is -0.494 e. The van der Waals surface area contributed by atoms with Crippen LogP contribution in [0.25, 0.3) is 0 Å². The molecule has 1 saturated carbocycles. The van der Waals surface area contributed by atoms with E-state index in [9.17, 15) is 5.11 Å². The summed E-state index contributed by atoms with van der Waals surface area (Å²) in [5.41, 5.74) is 1.00. The number of benzene rings is 1. The fourth-order valence-corrected chi connectivity index (χ4v) is 3.00. The smallest absolute Gasteiger partial charge is 0.119 e. The van der Waals surface area contributed by atoms with Crippen LogP contribution < -0.4 is 4.74 Å². The monoisotopic (exact) mass is 248 g/mol. The zero-order valence-electron chi connectivity index (χ0n) is 11.4. The first kappa shape index (κ1) is 13.4. The number of aliphatic hydroxyl groups excluding tert-OH is 1. The van der Waals surface area contributed by atoms with E-state index in [2.05, 4.69) is 6.92 Å². The summed E-state index contributed by atoms with van der Waals surface area (Å²) in [4.78, 5) is 0. The van der Waals surface area contributed by atoms with Crippen molar-refractivity contribution in [1.29, 1.82) is 0 Å². The van der Waals surface area contributed by atoms with E-state index in [1.54, 1.807) is 0 Å². The number of hydrogen-bond acceptors (Lipinski definition) is 2. The Balaban J connectivity index is 2.04. The van der Waals surface area contributed by atoms with Gasteiger partial charge in [-0.25, -0.2) is 0 Å². The van der Waals surface area contributed by atoms with Gasteiger partial charge >= 0.3 is 0 Å². The van der Waals surface area contributed by atoms with Crippen molar-refractivity contribution in [2.45, 2.75) is 45.6 Å². The van der Waals surface area contributed by atoms with Crippen LogP contribution in [0, 0.1) is 11.8 Å². The van der Waals surface area contributed by atoms with E-state index in [1.807, 2.05) is 31.2 Å². The molecule has 100 valence electrons. The lowest BCUT2D eigenvalue weighted by Crippen LogP contribution is -2.10. The summed E-state index contributed by atoms with van der Waals surface area (Å²) in [7, 11) is 0. The lowest BCUT2D eigenvalue weighted by molar-refractivity contribution is 0.109. The summed E-state index contributed by atoms with van der Waals surface area (Å²) in [6, 6.07) is 7.90. The van der Waals surface area contributed by atoms with Gasteiger partial charge in [0.2, 0.25) is 0 Å². The van der Waals surface area contributed by atoms with E-state index >= 15 is 0 Å². The van der Waals surface area contributed by atoms with Crippen LogP contribution >= 0.6 is 0 Å². The van der Waals surface area contributed by atoms with Crippen molar-refractivity contribution in [3.05, 3.63) is 29.8 Å². The van der Waals surface area contributed by atoms with Crippen molar-refractivity contribution in [2.24, 2.45) is 11.8 Å². The quantitative estimate of drug-likeness (QED) is 0.855. The van der Waals surface area contributed by atoms with Crippen LogP contribution in [0.1, 0.15) is 51.2 Å². The number of hydrogen-bond donors (Lipinski definition) is 1. The summed E-state index contributed by atoms with van der Waals surface area (Å²) in [6.45, 7) is 4.89. The van der Waals surface area contributed by atoms with E-state index in [4.69, 9.17) is 4.74 Å². The highest BCUT2D eigenvalue weighted by atomic mass is 16.5. The molecule has 0 saturated heterocycles. The zero-order valence-corrected chi connectivity index (χ0v) is 11.4. The Kier molecular flexibility index (Phi) is 4.65. The molecule has 1 aromatic carbocycles. The Labute approximate surface area is 110 Å². The van der Waals surface area contributed by atoms with Crippen LogP contribution in [0.4, 0.5) is 0 Å². The second-order valence-electron chi connectivity index (χ2n) is 5.30. The second kappa shape index (κ2) is 6.24. The highest BCUT2D eigenvalue weighted by molar-refractivity contribution is 5.30. The summed E-state index contributed by atoms with van der Waals surface area (Å²) in [5.74, 6) is 2.09. The minimum absolute atomic E-state index is 0.332. The molecule has 0 heterocycles. The molecule has 3 atom stereocenters. The lowest BCUT2D eigenvalue weighted by Gasteiger charge is -2.19. The predicted octanol–water partition coefficient (Wildman–Crippen LogP) is 3.95. The van der Waals surface area contributed by atoms with Crippen molar-refractivity contribution in [2.75, 3.05) is 6.61 Å². The van der Waals surface area contributed by atoms with Gasteiger partial charge in [0.05, 0.1) is 12.7 Å². The topological polar surface area (TPSA) is 29.5 Å². The molecule has 2 nitrogen and oxygen atoms in total. The van der Waals surface area contributed by atoms with Crippen molar-refractivity contribution < 1.29 is 9.84 Å². The molecule has 18 heavy (non-hydrogen) atoms. The maximum Gasteiger partial charge on any atom is 0.119 e. The first-order chi connectivity index (χ1) is 8.74. The SMILES string of the molecule is CCOc1cccc(C(O)C2CCC(CC)C2)c1. The average molecular weight is 248 g/mol. The molecule has 2 rings (SSSR count). The van der Waals surface area contributed by atoms with Crippen LogP contribution in [0.5, 0.6) is 5.75 Å². The van der Waals surface area contributed by atoms with Crippen LogP contribution in [0.3, 0.4) is 0 Å². The van der Waals surface area contributed by atoms with Gasteiger partial charge in [-0.05, 0) is 49.3 Å². The summed E-state index contributed by atoms with van der Waals surface area (Å²) in [6.07, 6.45) is 4.49. The molecule has 0 bridgehead atoms. The Bertz CT molecular complexity index is 375. The van der Waals surface area contributed by atoms with Gasteiger partial charge < -0.3 is 9.84 Å². The molecule has 0 radical (unpaired) electrons. The molecule has 1 fully saturated rings. The van der Waals surface area contributed by atoms with E-state index < -0.39 is 0 Å². The fraction of sp³-hybridized carbons (Fsp3) is 0.625. The van der Waals surface area contributed by atoms with E-state index in [1.165, 1.54) is 12.8 Å². The molecule has 0 spiro atoms. The van der Waals surface area contributed by atoms with Crippen LogP contribution in [0.15, 0.2) is 24.3 Å². The number of aliphatic hydroxyl groups is 1. The zero-order chi connectivity index (χ0) is 13.0. The maximum atomic E-state index is 10.5. The van der Waals surface area contributed by atoms with Crippen LogP contribution in [0.2, 0.25) is 0 Å². The van der Waals surface area contributed by atoms with Gasteiger partial charge in [0, 0.05) is 0 Å². The molecule has 0 aliphatic heterocycles. The molecule has 0 aromatic heterocycles. The van der Waals surface area contributed by atoms with Gasteiger partial charge in [-0.3, -0.25) is 0 Å². The van der Waals surface area contributed by atoms with Crippen molar-refractivity contribution in [3.63, 3.8) is 0 Å². The Hall–Kier alpha value is -1.02. The highest BCUT2D eigenvalue weighted by Gasteiger charge is 2.29. The fourth-order valence-electron chi connectivity index (χ4n) is 3.00. The third kappa shape index (κ3) is 3.05. The molecule has 2 heteroatoms. The third-order valence-electron chi connectivity index (χ3n) is 4.12. The summed E-state index contributed by atoms with van der Waals surface area (Å²) in [5, 5.41) is 10.5. The molecule has 0 amide bonds. The van der Waals surface area contributed by atoms with Gasteiger partial charge in [0.25, 0.3) is 0 Å². The molecule has 1 aliphatic carbocycles. The van der Waals surface area contributed by atoms with Gasteiger partial charge in [-0.2, -0.15) is 0 Å². The molecule has 1 aromatic rings. The van der Waals surface area contributed by atoms with E-state index in [0.717, 1.165) is 30.1 Å². The average Bonchev–Trinajstić information content (AvgIpc) is 2.87. The normalized spacial score (nSPS) is 25.1. The number of ether oxygens (including phenoxy) is 1. The van der Waals surface area contributed by atoms with Crippen molar-refractivity contribution >= 4 is 0 Å². The van der Waals surface area contributed by atoms with Crippen molar-refractivity contribution in [3.8, 4) is 5.75 Å². The van der Waals surface area contributed by atoms with Gasteiger partial charge in [-0.1, -0.05) is 31.9 Å². The van der Waals surface area contributed by atoms with Crippen molar-refractivity contribution in [1.82, 2.24) is 0 Å². The molecule has 1 aliphatic rings. The maximum absolute atomic E-state index is 10.5. The Morgan fingerprint density at radius 3 is 2.83 bits per heavy atom. The largest absolute Gasteiger partial charge is 0.494 e. The minimum atomic E-state index is -0.332. The molecular weight excluding hydrogens is 224 g/mol. The second-order valence-corrected chi connectivity index (χ2v) is 5.30. The van der Waals surface area contributed by atoms with Crippen LogP contribution in [-0.2, 0) is 0 Å². The summed E-state index contributed by atoms with van der Waals surface area (Å²) < 4.78 is 5.49. The molecule has 3 unspecified atom stereocenters. The molecule has 1 N–H and O–H groups in total. The Morgan fingerprint density at radius 2 is 2.17 bits per heavy atom. The summed E-state index contributed by atoms with van der Waals surface area (Å²) >= 11 is 0. The van der Waals surface area contributed by atoms with Gasteiger partial charge in [-0.15, -0.1) is 0 Å². The molecular formula is C16H24O2. The number of rotatable bonds is 5. The standard InChI is InChI=1S/C16H24O2/c1-3-12-8-9-14(10-12)16(17)13-6-5-7-15(11-13)18-4-2/h5-7,11-12,14,16-17H,3-4,8-10H2,1-2H3. The predicted molar refractivity (Wildman–Crippen MR) is 73.7 cm³/mol. The van der Waals surface area contributed by atoms with Crippen LogP contribution in [-0.4, -0.2) is 11.7 Å².